The van der Waals surface area contributed by atoms with Crippen LogP contribution in [-0.4, -0.2) is 81.9 Å². The number of carbonyl (C=O) groups is 2. The van der Waals surface area contributed by atoms with Crippen LogP contribution in [0.2, 0.25) is 0 Å². The van der Waals surface area contributed by atoms with E-state index in [2.05, 4.69) is 4.90 Å². The number of aromatic nitrogens is 1. The number of phenols is 1. The molecule has 4 aromatic rings. The highest BCUT2D eigenvalue weighted by molar-refractivity contribution is 5.97. The number of nitrogen functional groups attached to an aromatic ring is 1. The Kier molecular flexibility index (Phi) is 7.88. The predicted molar refractivity (Wildman–Crippen MR) is 164 cm³/mol. The van der Waals surface area contributed by atoms with Crippen molar-refractivity contribution in [3.8, 4) is 28.3 Å². The molecule has 3 heterocycles. The fourth-order valence-corrected chi connectivity index (χ4v) is 5.97. The molecule has 0 spiro atoms. The van der Waals surface area contributed by atoms with Gasteiger partial charge in [-0.05, 0) is 37.1 Å². The van der Waals surface area contributed by atoms with Crippen LogP contribution in [0.3, 0.4) is 0 Å². The van der Waals surface area contributed by atoms with E-state index >= 15 is 0 Å². The standard InChI is InChI=1S/C34H35N5O3/c35-27-11-12-29(32(40)23-27)34(42)38-15-13-28(14-16-38)37-17-19-39(20-18-37)33(41)26-21-30(24-7-3-1-4-8-24)36-31(22-26)25-9-5-2-6-10-25/h1-12,21-23,28,40H,13-20,35H2. The summed E-state index contributed by atoms with van der Waals surface area (Å²) >= 11 is 0. The number of rotatable bonds is 5. The van der Waals surface area contributed by atoms with Gasteiger partial charge in [-0.2, -0.15) is 0 Å². The van der Waals surface area contributed by atoms with Gasteiger partial charge in [-0.15, -0.1) is 0 Å². The molecule has 2 aliphatic heterocycles. The third-order valence-corrected chi connectivity index (χ3v) is 8.33. The molecule has 0 saturated carbocycles. The number of nitrogens with two attached hydrogens (primary N) is 1. The summed E-state index contributed by atoms with van der Waals surface area (Å²) in [5.41, 5.74) is 10.6. The summed E-state index contributed by atoms with van der Waals surface area (Å²) in [7, 11) is 0. The zero-order chi connectivity index (χ0) is 29.1. The number of hydrogen-bond acceptors (Lipinski definition) is 6. The van der Waals surface area contributed by atoms with Crippen LogP contribution in [0, 0.1) is 0 Å². The van der Waals surface area contributed by atoms with E-state index in [1.807, 2.05) is 77.7 Å². The summed E-state index contributed by atoms with van der Waals surface area (Å²) in [5, 5.41) is 10.2. The molecule has 0 bridgehead atoms. The lowest BCUT2D eigenvalue weighted by Crippen LogP contribution is -2.54. The Hall–Kier alpha value is -4.69. The van der Waals surface area contributed by atoms with Crippen molar-refractivity contribution in [3.63, 3.8) is 0 Å². The fourth-order valence-electron chi connectivity index (χ4n) is 5.97. The lowest BCUT2D eigenvalue weighted by Gasteiger charge is -2.42. The lowest BCUT2D eigenvalue weighted by atomic mass is 10.0. The first-order chi connectivity index (χ1) is 20.5. The smallest absolute Gasteiger partial charge is 0.257 e. The largest absolute Gasteiger partial charge is 0.507 e. The quantitative estimate of drug-likeness (QED) is 0.341. The van der Waals surface area contributed by atoms with Gasteiger partial charge < -0.3 is 20.6 Å². The number of piperazine rings is 1. The number of anilines is 1. The molecular formula is C34H35N5O3. The highest BCUT2D eigenvalue weighted by Crippen LogP contribution is 2.27. The Morgan fingerprint density at radius 1 is 0.690 bits per heavy atom. The van der Waals surface area contributed by atoms with Gasteiger partial charge in [0, 0.05) is 73.8 Å². The Bertz CT molecular complexity index is 1500. The lowest BCUT2D eigenvalue weighted by molar-refractivity contribution is 0.0411. The molecule has 42 heavy (non-hydrogen) atoms. The Labute approximate surface area is 246 Å². The Morgan fingerprint density at radius 2 is 1.24 bits per heavy atom. The number of hydrogen-bond donors (Lipinski definition) is 2. The normalized spacial score (nSPS) is 16.4. The molecule has 0 radical (unpaired) electrons. The van der Waals surface area contributed by atoms with Crippen molar-refractivity contribution < 1.29 is 14.7 Å². The van der Waals surface area contributed by atoms with Crippen LogP contribution in [0.4, 0.5) is 5.69 Å². The molecule has 6 rings (SSSR count). The van der Waals surface area contributed by atoms with Crippen molar-refractivity contribution in [1.82, 2.24) is 19.7 Å². The maximum absolute atomic E-state index is 13.8. The Morgan fingerprint density at radius 3 is 1.79 bits per heavy atom. The van der Waals surface area contributed by atoms with E-state index < -0.39 is 0 Å². The van der Waals surface area contributed by atoms with Gasteiger partial charge in [-0.25, -0.2) is 4.98 Å². The van der Waals surface area contributed by atoms with Crippen LogP contribution in [0.25, 0.3) is 22.5 Å². The number of nitrogens with zero attached hydrogens (tertiary/aromatic N) is 4. The molecule has 2 fully saturated rings. The van der Waals surface area contributed by atoms with E-state index in [-0.39, 0.29) is 23.1 Å². The molecule has 2 saturated heterocycles. The third kappa shape index (κ3) is 5.85. The van der Waals surface area contributed by atoms with Crippen LogP contribution >= 0.6 is 0 Å². The zero-order valence-corrected chi connectivity index (χ0v) is 23.5. The summed E-state index contributed by atoms with van der Waals surface area (Å²) in [5.74, 6) is -0.220. The summed E-state index contributed by atoms with van der Waals surface area (Å²) in [6, 6.07) is 28.7. The minimum Gasteiger partial charge on any atom is -0.507 e. The minimum absolute atomic E-state index is 0.0233. The number of pyridine rings is 1. The summed E-state index contributed by atoms with van der Waals surface area (Å²) in [6.45, 7) is 4.17. The van der Waals surface area contributed by atoms with Crippen molar-refractivity contribution in [2.75, 3.05) is 45.0 Å². The van der Waals surface area contributed by atoms with Gasteiger partial charge in [0.25, 0.3) is 11.8 Å². The second-order valence-corrected chi connectivity index (χ2v) is 11.0. The molecule has 1 aromatic heterocycles. The van der Waals surface area contributed by atoms with Gasteiger partial charge in [-0.3, -0.25) is 14.5 Å². The zero-order valence-electron chi connectivity index (χ0n) is 23.5. The Balaban J connectivity index is 1.10. The van der Waals surface area contributed by atoms with Gasteiger partial charge in [0.15, 0.2) is 0 Å². The molecule has 8 heteroatoms. The van der Waals surface area contributed by atoms with Gasteiger partial charge >= 0.3 is 0 Å². The highest BCUT2D eigenvalue weighted by atomic mass is 16.3. The second-order valence-electron chi connectivity index (χ2n) is 11.0. The third-order valence-electron chi connectivity index (χ3n) is 8.33. The predicted octanol–water partition coefficient (Wildman–Crippen LogP) is 4.77. The van der Waals surface area contributed by atoms with E-state index in [1.54, 1.807) is 17.0 Å². The molecule has 0 unspecified atom stereocenters. The van der Waals surface area contributed by atoms with Gasteiger partial charge in [0.2, 0.25) is 0 Å². The van der Waals surface area contributed by atoms with Crippen molar-refractivity contribution in [1.29, 1.82) is 0 Å². The molecule has 8 nitrogen and oxygen atoms in total. The average molecular weight is 562 g/mol. The number of likely N-dealkylation sites (tertiary alicyclic amines) is 1. The molecule has 2 amide bonds. The second kappa shape index (κ2) is 12.0. The molecule has 0 atom stereocenters. The van der Waals surface area contributed by atoms with Gasteiger partial charge in [0.1, 0.15) is 5.75 Å². The van der Waals surface area contributed by atoms with Gasteiger partial charge in [-0.1, -0.05) is 60.7 Å². The van der Waals surface area contributed by atoms with Gasteiger partial charge in [0.05, 0.1) is 17.0 Å². The first-order valence-corrected chi connectivity index (χ1v) is 14.5. The van der Waals surface area contributed by atoms with Crippen molar-refractivity contribution >= 4 is 17.5 Å². The minimum atomic E-state index is -0.163. The first kappa shape index (κ1) is 27.5. The molecule has 0 aliphatic carbocycles. The van der Waals surface area contributed by atoms with Crippen molar-refractivity contribution in [2.24, 2.45) is 0 Å². The SMILES string of the molecule is Nc1ccc(C(=O)N2CCC(N3CCN(C(=O)c4cc(-c5ccccc5)nc(-c5ccccc5)c4)CC3)CC2)c(O)c1. The highest BCUT2D eigenvalue weighted by Gasteiger charge is 2.31. The van der Waals surface area contributed by atoms with Crippen LogP contribution in [0.1, 0.15) is 33.6 Å². The first-order valence-electron chi connectivity index (χ1n) is 14.5. The molecule has 3 aromatic carbocycles. The van der Waals surface area contributed by atoms with Crippen LogP contribution in [0.5, 0.6) is 5.75 Å². The maximum Gasteiger partial charge on any atom is 0.257 e. The number of piperidine rings is 1. The monoisotopic (exact) mass is 561 g/mol. The van der Waals surface area contributed by atoms with Crippen LogP contribution in [-0.2, 0) is 0 Å². The molecule has 2 aliphatic rings. The number of carbonyl (C=O) groups excluding carboxylic acids is 2. The van der Waals surface area contributed by atoms with E-state index in [9.17, 15) is 14.7 Å². The van der Waals surface area contributed by atoms with E-state index in [0.717, 1.165) is 48.4 Å². The number of phenolic OH excluding ortho intramolecular Hbond substituents is 1. The molecule has 3 N–H and O–H groups in total. The van der Waals surface area contributed by atoms with E-state index in [0.29, 0.717) is 43.5 Å². The number of aromatic hydroxyl groups is 1. The molecule has 214 valence electrons. The van der Waals surface area contributed by atoms with Crippen molar-refractivity contribution in [3.05, 3.63) is 102 Å². The fraction of sp³-hybridized carbons (Fsp3) is 0.265. The van der Waals surface area contributed by atoms with E-state index in [4.69, 9.17) is 10.7 Å². The maximum atomic E-state index is 13.8. The van der Waals surface area contributed by atoms with Crippen LogP contribution in [0.15, 0.2) is 91.0 Å². The summed E-state index contributed by atoms with van der Waals surface area (Å²) in [6.07, 6.45) is 1.72. The van der Waals surface area contributed by atoms with Crippen molar-refractivity contribution in [2.45, 2.75) is 18.9 Å². The molecular weight excluding hydrogens is 526 g/mol. The topological polar surface area (TPSA) is 103 Å². The number of amides is 2. The number of benzene rings is 3. The summed E-state index contributed by atoms with van der Waals surface area (Å²) < 4.78 is 0. The van der Waals surface area contributed by atoms with E-state index in [1.165, 1.54) is 6.07 Å². The summed E-state index contributed by atoms with van der Waals surface area (Å²) in [4.78, 5) is 37.8. The van der Waals surface area contributed by atoms with Crippen LogP contribution < -0.4 is 5.73 Å². The average Bonchev–Trinajstić information content (AvgIpc) is 3.05.